The second-order valence-corrected chi connectivity index (χ2v) is 6.57. The van der Waals surface area contributed by atoms with E-state index in [1.54, 1.807) is 29.4 Å². The molecule has 2 aliphatic heterocycles. The van der Waals surface area contributed by atoms with Gasteiger partial charge in [-0.05, 0) is 23.8 Å². The number of nitrogens with zero attached hydrogens (tertiary/aromatic N) is 4. The Balaban J connectivity index is 1.32. The number of amides is 2. The molecule has 0 bridgehead atoms. The van der Waals surface area contributed by atoms with Crippen LogP contribution in [0.5, 0.6) is 0 Å². The van der Waals surface area contributed by atoms with Crippen LogP contribution in [0.4, 0.5) is 0 Å². The lowest BCUT2D eigenvalue weighted by molar-refractivity contribution is -0.127. The number of ether oxygens (including phenoxy) is 1. The van der Waals surface area contributed by atoms with E-state index in [9.17, 15) is 9.59 Å². The molecular formula is C21H20N4O3. The molecule has 1 fully saturated rings. The topological polar surface area (TPSA) is 75.1 Å². The van der Waals surface area contributed by atoms with Crippen LogP contribution in [-0.4, -0.2) is 58.8 Å². The van der Waals surface area contributed by atoms with Gasteiger partial charge in [0.05, 0.1) is 0 Å². The summed E-state index contributed by atoms with van der Waals surface area (Å²) in [5.41, 5.74) is 1.72. The van der Waals surface area contributed by atoms with Crippen LogP contribution in [-0.2, 0) is 14.3 Å². The van der Waals surface area contributed by atoms with E-state index < -0.39 is 6.10 Å². The number of carbonyl (C=O) groups is 2. The van der Waals surface area contributed by atoms with Crippen LogP contribution in [0.3, 0.4) is 0 Å². The Hall–Kier alpha value is -3.48. The Morgan fingerprint density at radius 3 is 2.46 bits per heavy atom. The average Bonchev–Trinajstić information content (AvgIpc) is 3.15. The lowest BCUT2D eigenvalue weighted by Gasteiger charge is -2.34. The number of piperazine rings is 1. The minimum absolute atomic E-state index is 0.0380. The van der Waals surface area contributed by atoms with Crippen LogP contribution in [0.15, 0.2) is 65.9 Å². The van der Waals surface area contributed by atoms with Crippen molar-refractivity contribution in [2.24, 2.45) is 4.99 Å². The first-order chi connectivity index (χ1) is 13.7. The molecule has 142 valence electrons. The number of pyridine rings is 1. The van der Waals surface area contributed by atoms with Gasteiger partial charge >= 0.3 is 0 Å². The highest BCUT2D eigenvalue weighted by Crippen LogP contribution is 2.25. The van der Waals surface area contributed by atoms with Crippen molar-refractivity contribution >= 4 is 23.9 Å². The molecule has 2 aliphatic rings. The molecule has 0 saturated carbocycles. The van der Waals surface area contributed by atoms with E-state index in [1.807, 2.05) is 47.4 Å². The van der Waals surface area contributed by atoms with Crippen LogP contribution in [0, 0.1) is 0 Å². The average molecular weight is 376 g/mol. The van der Waals surface area contributed by atoms with Gasteiger partial charge in [0.1, 0.15) is 0 Å². The van der Waals surface area contributed by atoms with Crippen LogP contribution in [0.2, 0.25) is 0 Å². The van der Waals surface area contributed by atoms with Gasteiger partial charge in [-0.25, -0.2) is 0 Å². The molecule has 0 spiro atoms. The largest absolute Gasteiger partial charge is 0.446 e. The molecular weight excluding hydrogens is 356 g/mol. The predicted octanol–water partition coefficient (Wildman–Crippen LogP) is 1.89. The van der Waals surface area contributed by atoms with E-state index in [4.69, 9.17) is 4.74 Å². The summed E-state index contributed by atoms with van der Waals surface area (Å²) >= 11 is 0. The SMILES string of the molecule is O=C1N=C(N2CCN(C(=O)/C=C/c3ccncc3)CC2)OC1c1ccccc1. The van der Waals surface area contributed by atoms with Gasteiger partial charge in [-0.1, -0.05) is 30.3 Å². The third kappa shape index (κ3) is 3.93. The Morgan fingerprint density at radius 1 is 1.04 bits per heavy atom. The van der Waals surface area contributed by atoms with E-state index in [0.717, 1.165) is 11.1 Å². The molecule has 1 unspecified atom stereocenters. The maximum absolute atomic E-state index is 12.4. The molecule has 0 N–H and O–H groups in total. The fourth-order valence-corrected chi connectivity index (χ4v) is 3.18. The van der Waals surface area contributed by atoms with Gasteiger partial charge < -0.3 is 14.5 Å². The molecule has 7 heteroatoms. The highest BCUT2D eigenvalue weighted by Gasteiger charge is 2.34. The van der Waals surface area contributed by atoms with E-state index >= 15 is 0 Å². The smallest absolute Gasteiger partial charge is 0.296 e. The number of rotatable bonds is 3. The first-order valence-corrected chi connectivity index (χ1v) is 9.17. The highest BCUT2D eigenvalue weighted by atomic mass is 16.5. The summed E-state index contributed by atoms with van der Waals surface area (Å²) in [6.07, 6.45) is 6.05. The zero-order valence-electron chi connectivity index (χ0n) is 15.3. The van der Waals surface area contributed by atoms with Crippen molar-refractivity contribution in [3.63, 3.8) is 0 Å². The van der Waals surface area contributed by atoms with Gasteiger partial charge in [-0.15, -0.1) is 0 Å². The van der Waals surface area contributed by atoms with Gasteiger partial charge in [-0.3, -0.25) is 14.6 Å². The summed E-state index contributed by atoms with van der Waals surface area (Å²) in [7, 11) is 0. The molecule has 2 amide bonds. The highest BCUT2D eigenvalue weighted by molar-refractivity contribution is 5.99. The summed E-state index contributed by atoms with van der Waals surface area (Å²) in [5, 5.41) is 0. The van der Waals surface area contributed by atoms with Crippen LogP contribution < -0.4 is 0 Å². The molecule has 0 radical (unpaired) electrons. The van der Waals surface area contributed by atoms with Crippen molar-refractivity contribution in [2.75, 3.05) is 26.2 Å². The van der Waals surface area contributed by atoms with Crippen molar-refractivity contribution < 1.29 is 14.3 Å². The lowest BCUT2D eigenvalue weighted by Crippen LogP contribution is -2.50. The second-order valence-electron chi connectivity index (χ2n) is 6.57. The Labute approximate surface area is 163 Å². The number of amidine groups is 1. The number of carbonyl (C=O) groups excluding carboxylic acids is 2. The number of aliphatic imine (C=N–C) groups is 1. The maximum atomic E-state index is 12.4. The van der Waals surface area contributed by atoms with Gasteiger partial charge in [0.25, 0.3) is 11.9 Å². The number of aromatic nitrogens is 1. The second kappa shape index (κ2) is 8.04. The minimum atomic E-state index is -0.681. The van der Waals surface area contributed by atoms with E-state index in [0.29, 0.717) is 32.2 Å². The molecule has 4 rings (SSSR count). The fraction of sp³-hybridized carbons (Fsp3) is 0.238. The first-order valence-electron chi connectivity index (χ1n) is 9.17. The summed E-state index contributed by atoms with van der Waals surface area (Å²) in [4.78, 5) is 36.3. The van der Waals surface area contributed by atoms with Crippen molar-refractivity contribution in [3.05, 3.63) is 72.1 Å². The van der Waals surface area contributed by atoms with E-state index in [2.05, 4.69) is 9.98 Å². The van der Waals surface area contributed by atoms with Crippen molar-refractivity contribution in [1.29, 1.82) is 0 Å². The minimum Gasteiger partial charge on any atom is -0.446 e. The third-order valence-corrected chi connectivity index (χ3v) is 4.74. The fourth-order valence-electron chi connectivity index (χ4n) is 3.18. The Morgan fingerprint density at radius 2 is 1.75 bits per heavy atom. The summed E-state index contributed by atoms with van der Waals surface area (Å²) < 4.78 is 5.80. The quantitative estimate of drug-likeness (QED) is 0.765. The van der Waals surface area contributed by atoms with Gasteiger partial charge in [0.15, 0.2) is 0 Å². The first kappa shape index (κ1) is 17.9. The molecule has 1 saturated heterocycles. The number of benzene rings is 1. The zero-order valence-corrected chi connectivity index (χ0v) is 15.3. The molecule has 2 aromatic rings. The lowest BCUT2D eigenvalue weighted by atomic mass is 10.1. The summed E-state index contributed by atoms with van der Waals surface area (Å²) in [6.45, 7) is 2.24. The Bertz CT molecular complexity index is 904. The van der Waals surface area contributed by atoms with Crippen LogP contribution in [0.1, 0.15) is 17.2 Å². The number of hydrogen-bond donors (Lipinski definition) is 0. The van der Waals surface area contributed by atoms with Gasteiger partial charge in [0.2, 0.25) is 12.0 Å². The maximum Gasteiger partial charge on any atom is 0.296 e. The zero-order chi connectivity index (χ0) is 19.3. The molecule has 28 heavy (non-hydrogen) atoms. The third-order valence-electron chi connectivity index (χ3n) is 4.74. The molecule has 1 aromatic heterocycles. The molecule has 0 aliphatic carbocycles. The van der Waals surface area contributed by atoms with Crippen LogP contribution in [0.25, 0.3) is 6.08 Å². The van der Waals surface area contributed by atoms with Gasteiger partial charge in [0, 0.05) is 50.2 Å². The Kier molecular flexibility index (Phi) is 5.14. The summed E-state index contributed by atoms with van der Waals surface area (Å²) in [5.74, 6) is -0.330. The van der Waals surface area contributed by atoms with E-state index in [1.165, 1.54) is 0 Å². The number of hydrogen-bond acceptors (Lipinski definition) is 5. The standard InChI is InChI=1S/C21H20N4O3/c26-18(7-6-16-8-10-22-11-9-16)24-12-14-25(15-13-24)21-23-20(27)19(28-21)17-4-2-1-3-5-17/h1-11,19H,12-15H2/b7-6+. The molecule has 3 heterocycles. The van der Waals surface area contributed by atoms with Crippen molar-refractivity contribution in [3.8, 4) is 0 Å². The van der Waals surface area contributed by atoms with Crippen molar-refractivity contribution in [2.45, 2.75) is 6.10 Å². The predicted molar refractivity (Wildman–Crippen MR) is 104 cm³/mol. The monoisotopic (exact) mass is 376 g/mol. The molecule has 1 aromatic carbocycles. The van der Waals surface area contributed by atoms with Crippen molar-refractivity contribution in [1.82, 2.24) is 14.8 Å². The van der Waals surface area contributed by atoms with Crippen LogP contribution >= 0.6 is 0 Å². The molecule has 7 nitrogen and oxygen atoms in total. The van der Waals surface area contributed by atoms with Gasteiger partial charge in [-0.2, -0.15) is 4.99 Å². The summed E-state index contributed by atoms with van der Waals surface area (Å²) in [6, 6.07) is 13.4. The van der Waals surface area contributed by atoms with E-state index in [-0.39, 0.29) is 11.8 Å². The molecule has 1 atom stereocenters. The normalized spacial score (nSPS) is 19.6.